The number of nitriles is 1. The molecule has 1 heterocycles. The fourth-order valence-corrected chi connectivity index (χ4v) is 3.04. The predicted octanol–water partition coefficient (Wildman–Crippen LogP) is 3.78. The van der Waals surface area contributed by atoms with E-state index in [0.29, 0.717) is 51.9 Å². The van der Waals surface area contributed by atoms with E-state index in [1.165, 1.54) is 20.3 Å². The molecular weight excluding hydrogens is 428 g/mol. The van der Waals surface area contributed by atoms with Crippen LogP contribution in [-0.2, 0) is 4.79 Å². The number of amides is 1. The fourth-order valence-electron chi connectivity index (χ4n) is 2.60. The number of fused-ring (bicyclic) bond motifs is 1. The van der Waals surface area contributed by atoms with Gasteiger partial charge in [0.15, 0.2) is 23.0 Å². The summed E-state index contributed by atoms with van der Waals surface area (Å²) >= 11 is 3.41. The van der Waals surface area contributed by atoms with Crippen LogP contribution in [0.15, 0.2) is 40.4 Å². The molecule has 0 radical (unpaired) electrons. The van der Waals surface area contributed by atoms with Crippen LogP contribution in [0.25, 0.3) is 6.08 Å². The molecule has 2 aromatic rings. The average Bonchev–Trinajstić information content (AvgIpc) is 2.72. The van der Waals surface area contributed by atoms with Crippen LogP contribution >= 0.6 is 15.9 Å². The number of anilines is 1. The number of methoxy groups -OCH3 is 2. The lowest BCUT2D eigenvalue weighted by Crippen LogP contribution is -2.17. The zero-order valence-corrected chi connectivity index (χ0v) is 16.8. The molecule has 3 rings (SSSR count). The average molecular weight is 445 g/mol. The summed E-state index contributed by atoms with van der Waals surface area (Å²) in [6, 6.07) is 10.4. The number of nitrogens with one attached hydrogen (secondary N) is 1. The molecule has 1 aliphatic heterocycles. The number of rotatable bonds is 5. The molecule has 1 aliphatic rings. The van der Waals surface area contributed by atoms with Crippen molar-refractivity contribution < 1.29 is 23.7 Å². The number of nitrogens with zero attached hydrogens (tertiary/aromatic N) is 1. The van der Waals surface area contributed by atoms with Crippen LogP contribution in [0.2, 0.25) is 0 Å². The van der Waals surface area contributed by atoms with Crippen LogP contribution < -0.4 is 24.3 Å². The van der Waals surface area contributed by atoms with Gasteiger partial charge in [0.05, 0.1) is 14.2 Å². The van der Waals surface area contributed by atoms with Crippen LogP contribution in [0.4, 0.5) is 5.69 Å². The molecular formula is C20H17BrN2O5. The largest absolute Gasteiger partial charge is 0.493 e. The zero-order valence-electron chi connectivity index (χ0n) is 15.2. The topological polar surface area (TPSA) is 89.8 Å². The first-order chi connectivity index (χ1) is 13.5. The van der Waals surface area contributed by atoms with Crippen molar-refractivity contribution in [2.24, 2.45) is 0 Å². The SMILES string of the molecule is COc1cc(Br)c(/C=C(\C#N)C(=O)Nc2ccc3c(c2)OCCO3)cc1OC. The highest BCUT2D eigenvalue weighted by molar-refractivity contribution is 9.10. The second kappa shape index (κ2) is 8.67. The van der Waals surface area contributed by atoms with E-state index in [2.05, 4.69) is 21.2 Å². The molecule has 0 bridgehead atoms. The molecule has 0 saturated heterocycles. The Morgan fingerprint density at radius 1 is 1.14 bits per heavy atom. The molecule has 28 heavy (non-hydrogen) atoms. The van der Waals surface area contributed by atoms with Gasteiger partial charge in [-0.3, -0.25) is 4.79 Å². The van der Waals surface area contributed by atoms with Crippen molar-refractivity contribution in [3.63, 3.8) is 0 Å². The molecule has 1 N–H and O–H groups in total. The highest BCUT2D eigenvalue weighted by atomic mass is 79.9. The van der Waals surface area contributed by atoms with E-state index in [-0.39, 0.29) is 5.57 Å². The molecule has 8 heteroatoms. The van der Waals surface area contributed by atoms with Gasteiger partial charge in [0.25, 0.3) is 5.91 Å². The number of hydrogen-bond acceptors (Lipinski definition) is 6. The Morgan fingerprint density at radius 3 is 2.50 bits per heavy atom. The van der Waals surface area contributed by atoms with Gasteiger partial charge in [-0.15, -0.1) is 0 Å². The number of ether oxygens (including phenoxy) is 4. The van der Waals surface area contributed by atoms with Gasteiger partial charge < -0.3 is 24.3 Å². The predicted molar refractivity (Wildman–Crippen MR) is 107 cm³/mol. The Hall–Kier alpha value is -3.18. The lowest BCUT2D eigenvalue weighted by atomic mass is 10.1. The van der Waals surface area contributed by atoms with Gasteiger partial charge in [0, 0.05) is 16.2 Å². The van der Waals surface area contributed by atoms with Gasteiger partial charge in [-0.1, -0.05) is 15.9 Å². The zero-order chi connectivity index (χ0) is 20.1. The Kier molecular flexibility index (Phi) is 6.06. The van der Waals surface area contributed by atoms with Crippen LogP contribution in [-0.4, -0.2) is 33.3 Å². The quantitative estimate of drug-likeness (QED) is 0.557. The standard InChI is InChI=1S/C20H17BrN2O5/c1-25-17-8-12(15(21)10-18(17)26-2)7-13(11-22)20(24)23-14-3-4-16-19(9-14)28-6-5-27-16/h3-4,7-10H,5-6H2,1-2H3,(H,23,24)/b13-7+. The molecule has 0 unspecified atom stereocenters. The maximum Gasteiger partial charge on any atom is 0.266 e. The molecule has 0 aliphatic carbocycles. The van der Waals surface area contributed by atoms with Gasteiger partial charge >= 0.3 is 0 Å². The lowest BCUT2D eigenvalue weighted by Gasteiger charge is -2.19. The number of halogens is 1. The van der Waals surface area contributed by atoms with Gasteiger partial charge in [-0.25, -0.2) is 0 Å². The summed E-state index contributed by atoms with van der Waals surface area (Å²) in [5.74, 6) is 1.65. The monoisotopic (exact) mass is 444 g/mol. The Labute approximate surface area is 170 Å². The molecule has 2 aromatic carbocycles. The Morgan fingerprint density at radius 2 is 1.82 bits per heavy atom. The first-order valence-corrected chi connectivity index (χ1v) is 9.09. The third-order valence-electron chi connectivity index (χ3n) is 3.97. The van der Waals surface area contributed by atoms with Crippen LogP contribution in [0, 0.1) is 11.3 Å². The number of benzene rings is 2. The van der Waals surface area contributed by atoms with E-state index in [1.807, 2.05) is 6.07 Å². The smallest absolute Gasteiger partial charge is 0.266 e. The summed E-state index contributed by atoms with van der Waals surface area (Å²) in [7, 11) is 3.04. The van der Waals surface area contributed by atoms with Crippen molar-refractivity contribution in [3.8, 4) is 29.1 Å². The van der Waals surface area contributed by atoms with Gasteiger partial charge in [-0.2, -0.15) is 5.26 Å². The van der Waals surface area contributed by atoms with Crippen molar-refractivity contribution in [2.45, 2.75) is 0 Å². The minimum absolute atomic E-state index is 0.0668. The first kappa shape index (κ1) is 19.6. The summed E-state index contributed by atoms with van der Waals surface area (Å²) in [6.07, 6.45) is 1.47. The molecule has 7 nitrogen and oxygen atoms in total. The van der Waals surface area contributed by atoms with Crippen molar-refractivity contribution in [1.82, 2.24) is 0 Å². The minimum atomic E-state index is -0.541. The van der Waals surface area contributed by atoms with Crippen molar-refractivity contribution in [1.29, 1.82) is 5.26 Å². The van der Waals surface area contributed by atoms with Gasteiger partial charge in [0.1, 0.15) is 24.9 Å². The summed E-state index contributed by atoms with van der Waals surface area (Å²) in [5, 5.41) is 12.1. The Balaban J connectivity index is 1.85. The number of carbonyl (C=O) groups is 1. The van der Waals surface area contributed by atoms with Crippen molar-refractivity contribution in [3.05, 3.63) is 45.9 Å². The number of carbonyl (C=O) groups excluding carboxylic acids is 1. The normalized spacial score (nSPS) is 12.7. The molecule has 0 atom stereocenters. The van der Waals surface area contributed by atoms with Crippen LogP contribution in [0.5, 0.6) is 23.0 Å². The van der Waals surface area contributed by atoms with E-state index >= 15 is 0 Å². The van der Waals surface area contributed by atoms with Crippen molar-refractivity contribution in [2.75, 3.05) is 32.8 Å². The van der Waals surface area contributed by atoms with Crippen LogP contribution in [0.3, 0.4) is 0 Å². The summed E-state index contributed by atoms with van der Waals surface area (Å²) in [6.45, 7) is 0.932. The maximum absolute atomic E-state index is 12.6. The van der Waals surface area contributed by atoms with Gasteiger partial charge in [-0.05, 0) is 35.9 Å². The van der Waals surface area contributed by atoms with Crippen molar-refractivity contribution >= 4 is 33.6 Å². The summed E-state index contributed by atoms with van der Waals surface area (Å²) < 4.78 is 22.1. The van der Waals surface area contributed by atoms with E-state index in [4.69, 9.17) is 18.9 Å². The summed E-state index contributed by atoms with van der Waals surface area (Å²) in [5.41, 5.74) is 1.04. The van der Waals surface area contributed by atoms with E-state index in [1.54, 1.807) is 30.3 Å². The Bertz CT molecular complexity index is 981. The third-order valence-corrected chi connectivity index (χ3v) is 4.65. The molecule has 0 aromatic heterocycles. The van der Waals surface area contributed by atoms with E-state index in [0.717, 1.165) is 0 Å². The minimum Gasteiger partial charge on any atom is -0.493 e. The lowest BCUT2D eigenvalue weighted by molar-refractivity contribution is -0.112. The molecule has 144 valence electrons. The van der Waals surface area contributed by atoms with E-state index in [9.17, 15) is 10.1 Å². The number of hydrogen-bond donors (Lipinski definition) is 1. The molecule has 0 spiro atoms. The third kappa shape index (κ3) is 4.21. The van der Waals surface area contributed by atoms with Gasteiger partial charge in [0.2, 0.25) is 0 Å². The second-order valence-electron chi connectivity index (χ2n) is 5.71. The molecule has 0 saturated carbocycles. The molecule has 0 fully saturated rings. The maximum atomic E-state index is 12.6. The second-order valence-corrected chi connectivity index (χ2v) is 6.57. The highest BCUT2D eigenvalue weighted by Crippen LogP contribution is 2.35. The summed E-state index contributed by atoms with van der Waals surface area (Å²) in [4.78, 5) is 12.6. The fraction of sp³-hybridized carbons (Fsp3) is 0.200. The van der Waals surface area contributed by atoms with E-state index < -0.39 is 5.91 Å². The van der Waals surface area contributed by atoms with Crippen LogP contribution in [0.1, 0.15) is 5.56 Å². The first-order valence-electron chi connectivity index (χ1n) is 8.30. The highest BCUT2D eigenvalue weighted by Gasteiger charge is 2.16. The molecule has 1 amide bonds.